The highest BCUT2D eigenvalue weighted by Crippen LogP contribution is 2.11. The molecule has 2 rings (SSSR count). The van der Waals surface area contributed by atoms with E-state index in [9.17, 15) is 4.79 Å². The van der Waals surface area contributed by atoms with Crippen molar-refractivity contribution in [3.63, 3.8) is 0 Å². The van der Waals surface area contributed by atoms with Crippen LogP contribution in [0.2, 0.25) is 0 Å². The molecule has 0 heterocycles. The lowest BCUT2D eigenvalue weighted by atomic mass is 10.1. The molecule has 0 aliphatic rings. The molecular weight excluding hydrogens is 248 g/mol. The maximum Gasteiger partial charge on any atom is 0.227 e. The Hall–Kier alpha value is -2.29. The third kappa shape index (κ3) is 3.60. The van der Waals surface area contributed by atoms with E-state index in [1.807, 2.05) is 43.4 Å². The van der Waals surface area contributed by atoms with Crippen molar-refractivity contribution < 1.29 is 4.79 Å². The molecule has 0 atom stereocenters. The first-order valence-electron chi connectivity index (χ1n) is 6.69. The first kappa shape index (κ1) is 14.1. The van der Waals surface area contributed by atoms with E-state index in [4.69, 9.17) is 5.73 Å². The Morgan fingerprint density at radius 2 is 1.75 bits per heavy atom. The Morgan fingerprint density at radius 1 is 1.10 bits per heavy atom. The van der Waals surface area contributed by atoms with Gasteiger partial charge in [-0.2, -0.15) is 0 Å². The Kier molecular flexibility index (Phi) is 4.41. The van der Waals surface area contributed by atoms with E-state index in [0.717, 1.165) is 11.3 Å². The summed E-state index contributed by atoms with van der Waals surface area (Å²) in [5.41, 5.74) is 9.73. The molecule has 1 amide bonds. The van der Waals surface area contributed by atoms with Gasteiger partial charge in [-0.05, 0) is 35.7 Å². The van der Waals surface area contributed by atoms with E-state index in [1.54, 1.807) is 4.90 Å². The van der Waals surface area contributed by atoms with Crippen LogP contribution >= 0.6 is 0 Å². The Bertz CT molecular complexity index is 590. The molecule has 2 N–H and O–H groups in total. The first-order chi connectivity index (χ1) is 9.56. The predicted molar refractivity (Wildman–Crippen MR) is 82.2 cm³/mol. The van der Waals surface area contributed by atoms with E-state index < -0.39 is 0 Å². The van der Waals surface area contributed by atoms with Gasteiger partial charge in [0.05, 0.1) is 6.42 Å². The van der Waals surface area contributed by atoms with Gasteiger partial charge < -0.3 is 10.6 Å². The molecule has 2 aromatic carbocycles. The summed E-state index contributed by atoms with van der Waals surface area (Å²) in [6.45, 7) is 2.70. The number of benzene rings is 2. The molecular formula is C17H20N2O. The minimum absolute atomic E-state index is 0.109. The molecule has 0 unspecified atom stereocenters. The van der Waals surface area contributed by atoms with Gasteiger partial charge in [0.25, 0.3) is 0 Å². The highest BCUT2D eigenvalue weighted by Gasteiger charge is 2.11. The number of hydrogen-bond acceptors (Lipinski definition) is 2. The zero-order valence-corrected chi connectivity index (χ0v) is 12.0. The van der Waals surface area contributed by atoms with Crippen molar-refractivity contribution >= 4 is 11.6 Å². The van der Waals surface area contributed by atoms with Crippen LogP contribution in [-0.2, 0) is 17.8 Å². The topological polar surface area (TPSA) is 46.3 Å². The fraction of sp³-hybridized carbons (Fsp3) is 0.235. The van der Waals surface area contributed by atoms with Gasteiger partial charge >= 0.3 is 0 Å². The molecule has 2 aromatic rings. The van der Waals surface area contributed by atoms with Crippen molar-refractivity contribution in [1.29, 1.82) is 0 Å². The van der Waals surface area contributed by atoms with E-state index in [2.05, 4.69) is 19.1 Å². The second-order valence-electron chi connectivity index (χ2n) is 5.09. The number of likely N-dealkylation sites (N-methyl/N-ethyl adjacent to an activating group) is 1. The molecule has 0 spiro atoms. The maximum atomic E-state index is 12.2. The van der Waals surface area contributed by atoms with Crippen LogP contribution in [0.4, 0.5) is 5.69 Å². The van der Waals surface area contributed by atoms with E-state index in [0.29, 0.717) is 13.0 Å². The number of hydrogen-bond donors (Lipinski definition) is 1. The van der Waals surface area contributed by atoms with Crippen LogP contribution in [0.25, 0.3) is 0 Å². The average molecular weight is 268 g/mol. The highest BCUT2D eigenvalue weighted by atomic mass is 16.2. The van der Waals surface area contributed by atoms with Crippen LogP contribution in [0, 0.1) is 6.92 Å². The zero-order valence-electron chi connectivity index (χ0n) is 12.0. The maximum absolute atomic E-state index is 12.2. The number of nitrogens with two attached hydrogens (primary N) is 1. The fourth-order valence-electron chi connectivity index (χ4n) is 2.08. The SMILES string of the molecule is Cc1ccccc1CN(C)C(=O)Cc1ccc(N)cc1. The third-order valence-corrected chi connectivity index (χ3v) is 3.43. The van der Waals surface area contributed by atoms with E-state index in [1.165, 1.54) is 11.1 Å². The summed E-state index contributed by atoms with van der Waals surface area (Å²) in [6, 6.07) is 15.6. The van der Waals surface area contributed by atoms with Crippen molar-refractivity contribution in [2.24, 2.45) is 0 Å². The molecule has 104 valence electrons. The molecule has 0 aliphatic carbocycles. The van der Waals surface area contributed by atoms with Crippen molar-refractivity contribution in [1.82, 2.24) is 4.90 Å². The number of nitrogen functional groups attached to an aromatic ring is 1. The lowest BCUT2D eigenvalue weighted by molar-refractivity contribution is -0.129. The average Bonchev–Trinajstić information content (AvgIpc) is 2.44. The van der Waals surface area contributed by atoms with Gasteiger partial charge in [-0.1, -0.05) is 36.4 Å². The predicted octanol–water partition coefficient (Wildman–Crippen LogP) is 2.78. The van der Waals surface area contributed by atoms with Gasteiger partial charge in [0.1, 0.15) is 0 Å². The number of aryl methyl sites for hydroxylation is 1. The monoisotopic (exact) mass is 268 g/mol. The number of amides is 1. The molecule has 0 saturated heterocycles. The largest absolute Gasteiger partial charge is 0.399 e. The summed E-state index contributed by atoms with van der Waals surface area (Å²) in [7, 11) is 1.84. The number of anilines is 1. The smallest absolute Gasteiger partial charge is 0.227 e. The van der Waals surface area contributed by atoms with Crippen LogP contribution in [0.3, 0.4) is 0 Å². The fourth-order valence-corrected chi connectivity index (χ4v) is 2.08. The van der Waals surface area contributed by atoms with Gasteiger partial charge in [0.15, 0.2) is 0 Å². The molecule has 20 heavy (non-hydrogen) atoms. The summed E-state index contributed by atoms with van der Waals surface area (Å²) >= 11 is 0. The molecule has 0 aromatic heterocycles. The van der Waals surface area contributed by atoms with Gasteiger partial charge in [-0.3, -0.25) is 4.79 Å². The Balaban J connectivity index is 1.99. The summed E-state index contributed by atoms with van der Waals surface area (Å²) < 4.78 is 0. The van der Waals surface area contributed by atoms with Gasteiger partial charge in [-0.15, -0.1) is 0 Å². The van der Waals surface area contributed by atoms with E-state index >= 15 is 0 Å². The normalized spacial score (nSPS) is 10.3. The molecule has 0 bridgehead atoms. The Morgan fingerprint density at radius 3 is 2.40 bits per heavy atom. The minimum Gasteiger partial charge on any atom is -0.399 e. The highest BCUT2D eigenvalue weighted by molar-refractivity contribution is 5.78. The second kappa shape index (κ2) is 6.24. The Labute approximate surface area is 120 Å². The lowest BCUT2D eigenvalue weighted by Crippen LogP contribution is -2.28. The van der Waals surface area contributed by atoms with Crippen LogP contribution in [0.15, 0.2) is 48.5 Å². The molecule has 0 radical (unpaired) electrons. The number of rotatable bonds is 4. The number of carbonyl (C=O) groups is 1. The zero-order chi connectivity index (χ0) is 14.5. The summed E-state index contributed by atoms with van der Waals surface area (Å²) in [5, 5.41) is 0. The summed E-state index contributed by atoms with van der Waals surface area (Å²) in [4.78, 5) is 14.0. The summed E-state index contributed by atoms with van der Waals surface area (Å²) in [5.74, 6) is 0.109. The third-order valence-electron chi connectivity index (χ3n) is 3.43. The van der Waals surface area contributed by atoms with Crippen LogP contribution in [0.5, 0.6) is 0 Å². The molecule has 3 heteroatoms. The molecule has 0 fully saturated rings. The second-order valence-corrected chi connectivity index (χ2v) is 5.09. The standard InChI is InChI=1S/C17H20N2O/c1-13-5-3-4-6-15(13)12-19(2)17(20)11-14-7-9-16(18)10-8-14/h3-10H,11-12,18H2,1-2H3. The van der Waals surface area contributed by atoms with E-state index in [-0.39, 0.29) is 5.91 Å². The lowest BCUT2D eigenvalue weighted by Gasteiger charge is -2.18. The van der Waals surface area contributed by atoms with Crippen LogP contribution in [-0.4, -0.2) is 17.9 Å². The van der Waals surface area contributed by atoms with Gasteiger partial charge in [-0.25, -0.2) is 0 Å². The molecule has 0 saturated carbocycles. The quantitative estimate of drug-likeness (QED) is 0.867. The minimum atomic E-state index is 0.109. The van der Waals surface area contributed by atoms with Crippen LogP contribution in [0.1, 0.15) is 16.7 Å². The number of nitrogens with zero attached hydrogens (tertiary/aromatic N) is 1. The first-order valence-corrected chi connectivity index (χ1v) is 6.69. The van der Waals surface area contributed by atoms with Gasteiger partial charge in [0.2, 0.25) is 5.91 Å². The molecule has 3 nitrogen and oxygen atoms in total. The van der Waals surface area contributed by atoms with Gasteiger partial charge in [0, 0.05) is 19.3 Å². The van der Waals surface area contributed by atoms with Crippen molar-refractivity contribution in [3.8, 4) is 0 Å². The summed E-state index contributed by atoms with van der Waals surface area (Å²) in [6.07, 6.45) is 0.405. The van der Waals surface area contributed by atoms with Crippen LogP contribution < -0.4 is 5.73 Å². The number of carbonyl (C=O) groups excluding carboxylic acids is 1. The van der Waals surface area contributed by atoms with Crippen molar-refractivity contribution in [2.45, 2.75) is 19.9 Å². The molecule has 0 aliphatic heterocycles. The van der Waals surface area contributed by atoms with Crippen molar-refractivity contribution in [2.75, 3.05) is 12.8 Å². The van der Waals surface area contributed by atoms with Crippen molar-refractivity contribution in [3.05, 3.63) is 65.2 Å².